The minimum Gasteiger partial charge on any atom is -0.507 e. The SMILES string of the molecule is Cc1ccn2nc([C@H](C)Nc3ncnc4[nH]cc(Sc5ccccc5O)c34)n(-c3ccccc3)c(=O)c12. The van der Waals surface area contributed by atoms with Gasteiger partial charge in [-0.2, -0.15) is 5.10 Å². The molecule has 0 saturated heterocycles. The minimum atomic E-state index is -0.393. The molecule has 184 valence electrons. The van der Waals surface area contributed by atoms with Crippen LogP contribution in [0.15, 0.2) is 94.0 Å². The summed E-state index contributed by atoms with van der Waals surface area (Å²) in [6, 6.07) is 18.2. The molecule has 37 heavy (non-hydrogen) atoms. The quantitative estimate of drug-likeness (QED) is 0.286. The summed E-state index contributed by atoms with van der Waals surface area (Å²) in [5.41, 5.74) is 2.66. The molecule has 4 heterocycles. The van der Waals surface area contributed by atoms with Crippen LogP contribution in [0.3, 0.4) is 0 Å². The van der Waals surface area contributed by atoms with Crippen LogP contribution in [0, 0.1) is 6.92 Å². The van der Waals surface area contributed by atoms with Crippen LogP contribution in [0.25, 0.3) is 22.2 Å². The molecular formula is C27H23N7O2S. The van der Waals surface area contributed by atoms with Gasteiger partial charge in [0.15, 0.2) is 5.82 Å². The average Bonchev–Trinajstić information content (AvgIpc) is 3.50. The van der Waals surface area contributed by atoms with Crippen molar-refractivity contribution in [1.82, 2.24) is 29.1 Å². The van der Waals surface area contributed by atoms with E-state index in [1.165, 1.54) is 18.1 Å². The van der Waals surface area contributed by atoms with Gasteiger partial charge < -0.3 is 15.4 Å². The molecule has 4 aromatic heterocycles. The zero-order valence-electron chi connectivity index (χ0n) is 20.1. The summed E-state index contributed by atoms with van der Waals surface area (Å²) in [5, 5.41) is 19.3. The molecule has 0 unspecified atom stereocenters. The zero-order valence-corrected chi connectivity index (χ0v) is 20.9. The number of nitrogens with one attached hydrogen (secondary N) is 2. The Balaban J connectivity index is 1.45. The number of phenolic OH excluding ortho intramolecular Hbond substituents is 1. The smallest absolute Gasteiger partial charge is 0.282 e. The van der Waals surface area contributed by atoms with Gasteiger partial charge in [0.1, 0.15) is 29.1 Å². The van der Waals surface area contributed by atoms with Gasteiger partial charge in [0, 0.05) is 17.3 Å². The third kappa shape index (κ3) is 4.01. The maximum atomic E-state index is 13.7. The van der Waals surface area contributed by atoms with Crippen molar-refractivity contribution in [2.24, 2.45) is 0 Å². The molecule has 0 spiro atoms. The van der Waals surface area contributed by atoms with Gasteiger partial charge in [0.25, 0.3) is 5.56 Å². The van der Waals surface area contributed by atoms with Crippen LogP contribution in [-0.2, 0) is 0 Å². The summed E-state index contributed by atoms with van der Waals surface area (Å²) in [6.07, 6.45) is 5.13. The van der Waals surface area contributed by atoms with Crippen LogP contribution in [0.2, 0.25) is 0 Å². The highest BCUT2D eigenvalue weighted by atomic mass is 32.2. The number of aromatic hydroxyl groups is 1. The van der Waals surface area contributed by atoms with Crippen LogP contribution >= 0.6 is 11.8 Å². The predicted molar refractivity (Wildman–Crippen MR) is 144 cm³/mol. The number of hydrogen-bond donors (Lipinski definition) is 3. The molecule has 0 radical (unpaired) electrons. The Morgan fingerprint density at radius 2 is 1.81 bits per heavy atom. The van der Waals surface area contributed by atoms with E-state index in [9.17, 15) is 9.90 Å². The van der Waals surface area contributed by atoms with Crippen molar-refractivity contribution in [3.8, 4) is 11.4 Å². The lowest BCUT2D eigenvalue weighted by molar-refractivity contribution is 0.462. The topological polar surface area (TPSA) is 113 Å². The fourth-order valence-electron chi connectivity index (χ4n) is 4.39. The molecule has 9 nitrogen and oxygen atoms in total. The summed E-state index contributed by atoms with van der Waals surface area (Å²) in [5.74, 6) is 1.33. The highest BCUT2D eigenvalue weighted by molar-refractivity contribution is 7.99. The molecule has 0 aliphatic rings. The van der Waals surface area contributed by atoms with E-state index in [0.717, 1.165) is 26.4 Å². The third-order valence-corrected chi connectivity index (χ3v) is 7.29. The first-order valence-electron chi connectivity index (χ1n) is 11.7. The number of aryl methyl sites for hydroxylation is 1. The molecule has 6 aromatic rings. The van der Waals surface area contributed by atoms with E-state index in [0.29, 0.717) is 22.8 Å². The molecule has 1 atom stereocenters. The Hall–Kier alpha value is -4.57. The van der Waals surface area contributed by atoms with E-state index in [4.69, 9.17) is 5.10 Å². The summed E-state index contributed by atoms with van der Waals surface area (Å²) < 4.78 is 3.28. The fourth-order valence-corrected chi connectivity index (χ4v) is 5.36. The molecule has 3 N–H and O–H groups in total. The molecule has 2 aromatic carbocycles. The average molecular weight is 510 g/mol. The highest BCUT2D eigenvalue weighted by Gasteiger charge is 2.22. The van der Waals surface area contributed by atoms with Crippen molar-refractivity contribution in [1.29, 1.82) is 0 Å². The normalized spacial score (nSPS) is 12.3. The van der Waals surface area contributed by atoms with Gasteiger partial charge in [-0.15, -0.1) is 0 Å². The monoisotopic (exact) mass is 509 g/mol. The number of aromatic amines is 1. The van der Waals surface area contributed by atoms with Gasteiger partial charge in [0.2, 0.25) is 0 Å². The summed E-state index contributed by atoms with van der Waals surface area (Å²) in [7, 11) is 0. The second-order valence-corrected chi connectivity index (χ2v) is 9.74. The summed E-state index contributed by atoms with van der Waals surface area (Å²) >= 11 is 1.42. The van der Waals surface area contributed by atoms with E-state index in [1.807, 2.05) is 68.6 Å². The molecule has 0 bridgehead atoms. The van der Waals surface area contributed by atoms with E-state index >= 15 is 0 Å². The number of phenols is 1. The highest BCUT2D eigenvalue weighted by Crippen LogP contribution is 2.39. The number of hydrogen-bond acceptors (Lipinski definition) is 7. The predicted octanol–water partition coefficient (Wildman–Crippen LogP) is 5.09. The number of rotatable bonds is 6. The van der Waals surface area contributed by atoms with Crippen LogP contribution < -0.4 is 10.9 Å². The molecule has 6 rings (SSSR count). The van der Waals surface area contributed by atoms with E-state index in [1.54, 1.807) is 27.4 Å². The minimum absolute atomic E-state index is 0.141. The lowest BCUT2D eigenvalue weighted by atomic mass is 10.2. The zero-order chi connectivity index (χ0) is 25.5. The van der Waals surface area contributed by atoms with Gasteiger partial charge in [-0.3, -0.25) is 9.36 Å². The molecule has 0 aliphatic heterocycles. The first kappa shape index (κ1) is 22.9. The van der Waals surface area contributed by atoms with Crippen molar-refractivity contribution in [2.45, 2.75) is 29.7 Å². The van der Waals surface area contributed by atoms with Crippen molar-refractivity contribution in [3.05, 3.63) is 101 Å². The molecule has 0 saturated carbocycles. The third-order valence-electron chi connectivity index (χ3n) is 6.19. The van der Waals surface area contributed by atoms with Crippen molar-refractivity contribution < 1.29 is 5.11 Å². The van der Waals surface area contributed by atoms with E-state index in [2.05, 4.69) is 20.3 Å². The van der Waals surface area contributed by atoms with E-state index in [-0.39, 0.29) is 11.3 Å². The molecule has 10 heteroatoms. The number of para-hydroxylation sites is 2. The van der Waals surface area contributed by atoms with Gasteiger partial charge in [-0.1, -0.05) is 42.1 Å². The molecule has 0 aliphatic carbocycles. The Morgan fingerprint density at radius 1 is 1.03 bits per heavy atom. The van der Waals surface area contributed by atoms with E-state index < -0.39 is 6.04 Å². The fraction of sp³-hybridized carbons (Fsp3) is 0.111. The first-order valence-corrected chi connectivity index (χ1v) is 12.5. The Morgan fingerprint density at radius 3 is 2.62 bits per heavy atom. The van der Waals surface area contributed by atoms with Crippen molar-refractivity contribution >= 4 is 34.1 Å². The second-order valence-electron chi connectivity index (χ2n) is 8.66. The largest absolute Gasteiger partial charge is 0.507 e. The van der Waals surface area contributed by atoms with Crippen LogP contribution in [0.1, 0.15) is 24.4 Å². The number of aromatic nitrogens is 6. The van der Waals surface area contributed by atoms with Gasteiger partial charge in [0.05, 0.1) is 22.0 Å². The van der Waals surface area contributed by atoms with Crippen LogP contribution in [0.4, 0.5) is 5.82 Å². The molecule has 0 amide bonds. The summed E-state index contributed by atoms with van der Waals surface area (Å²) in [4.78, 5) is 27.3. The van der Waals surface area contributed by atoms with Gasteiger partial charge in [-0.25, -0.2) is 14.5 Å². The number of benzene rings is 2. The Labute approximate surface area is 215 Å². The maximum absolute atomic E-state index is 13.7. The second kappa shape index (κ2) is 9.14. The van der Waals surface area contributed by atoms with Gasteiger partial charge in [-0.05, 0) is 49.7 Å². The van der Waals surface area contributed by atoms with Crippen molar-refractivity contribution in [2.75, 3.05) is 5.32 Å². The van der Waals surface area contributed by atoms with Crippen LogP contribution in [-0.4, -0.2) is 34.2 Å². The number of anilines is 1. The first-order chi connectivity index (χ1) is 18.0. The number of nitrogens with zero attached hydrogens (tertiary/aromatic N) is 5. The Bertz CT molecular complexity index is 1810. The number of H-pyrrole nitrogens is 1. The van der Waals surface area contributed by atoms with Crippen LogP contribution in [0.5, 0.6) is 5.75 Å². The lowest BCUT2D eigenvalue weighted by Crippen LogP contribution is -2.29. The van der Waals surface area contributed by atoms with Gasteiger partial charge >= 0.3 is 0 Å². The molecular weight excluding hydrogens is 486 g/mol. The number of fused-ring (bicyclic) bond motifs is 2. The standard InChI is InChI=1S/C27H23N7O2S/c1-16-12-13-33-23(16)27(36)34(18-8-4-3-5-9-18)26(32-33)17(2)31-25-22-21(14-28-24(22)29-15-30-25)37-20-11-7-6-10-19(20)35/h3-15,17,35H,1-2H3,(H2,28,29,30,31)/t17-/m0/s1. The lowest BCUT2D eigenvalue weighted by Gasteiger charge is -2.20. The van der Waals surface area contributed by atoms with Crippen molar-refractivity contribution in [3.63, 3.8) is 0 Å². The maximum Gasteiger partial charge on any atom is 0.282 e. The molecule has 0 fully saturated rings. The summed E-state index contributed by atoms with van der Waals surface area (Å²) in [6.45, 7) is 3.85. The Kier molecular flexibility index (Phi) is 5.65.